The lowest BCUT2D eigenvalue weighted by molar-refractivity contribution is -0.137. The number of alkyl halides is 3. The molecule has 0 bridgehead atoms. The first-order chi connectivity index (χ1) is 14.8. The summed E-state index contributed by atoms with van der Waals surface area (Å²) in [6.07, 6.45) is -3.84. The number of hydrogen-bond donors (Lipinski definition) is 1. The molecule has 2 rings (SSSR count). The minimum atomic E-state index is -4.66. The van der Waals surface area contributed by atoms with Crippen LogP contribution < -0.4 is 19.1 Å². The summed E-state index contributed by atoms with van der Waals surface area (Å²) in [6.45, 7) is 2.96. The second-order valence-corrected chi connectivity index (χ2v) is 8.98. The molecule has 0 aliphatic heterocycles. The molecule has 0 spiro atoms. The Morgan fingerprint density at radius 3 is 2.25 bits per heavy atom. The van der Waals surface area contributed by atoms with Crippen LogP contribution in [0.1, 0.15) is 31.0 Å². The van der Waals surface area contributed by atoms with E-state index in [0.717, 1.165) is 18.4 Å². The fraction of sp³-hybridized carbons (Fsp3) is 0.381. The highest BCUT2D eigenvalue weighted by Crippen LogP contribution is 2.33. The fourth-order valence-electron chi connectivity index (χ4n) is 3.22. The summed E-state index contributed by atoms with van der Waals surface area (Å²) in [6, 6.07) is 6.87. The number of ether oxygens (including phenoxy) is 2. The maximum atomic E-state index is 13.1. The number of nitrogens with zero attached hydrogens (tertiary/aromatic N) is 1. The highest BCUT2D eigenvalue weighted by atomic mass is 32.2. The topological polar surface area (TPSA) is 84.9 Å². The summed E-state index contributed by atoms with van der Waals surface area (Å²) in [5, 5.41) is 2.69. The number of hydrogen-bond acceptors (Lipinski definition) is 5. The number of halogens is 3. The van der Waals surface area contributed by atoms with Crippen molar-refractivity contribution in [1.82, 2.24) is 5.32 Å². The van der Waals surface area contributed by atoms with Gasteiger partial charge in [0, 0.05) is 5.56 Å². The van der Waals surface area contributed by atoms with Crippen molar-refractivity contribution in [1.29, 1.82) is 0 Å². The van der Waals surface area contributed by atoms with Crippen molar-refractivity contribution in [2.45, 2.75) is 32.1 Å². The first kappa shape index (κ1) is 25.3. The predicted octanol–water partition coefficient (Wildman–Crippen LogP) is 3.75. The van der Waals surface area contributed by atoms with E-state index in [2.05, 4.69) is 5.32 Å². The van der Waals surface area contributed by atoms with Crippen LogP contribution in [0.5, 0.6) is 11.5 Å². The van der Waals surface area contributed by atoms with E-state index in [1.807, 2.05) is 0 Å². The van der Waals surface area contributed by atoms with Crippen molar-refractivity contribution in [3.05, 3.63) is 53.6 Å². The summed E-state index contributed by atoms with van der Waals surface area (Å²) < 4.78 is 75.3. The molecule has 1 amide bonds. The third-order valence-electron chi connectivity index (χ3n) is 4.78. The fourth-order valence-corrected chi connectivity index (χ4v) is 4.38. The first-order valence-electron chi connectivity index (χ1n) is 9.48. The zero-order valence-electron chi connectivity index (χ0n) is 18.2. The minimum Gasteiger partial charge on any atom is -0.497 e. The molecule has 11 heteroatoms. The highest BCUT2D eigenvalue weighted by Gasteiger charge is 2.34. The lowest BCUT2D eigenvalue weighted by Gasteiger charge is -2.30. The summed E-state index contributed by atoms with van der Waals surface area (Å²) in [5.41, 5.74) is -0.709. The molecule has 0 aliphatic rings. The number of sulfonamides is 1. The summed E-state index contributed by atoms with van der Waals surface area (Å²) in [7, 11) is -1.15. The molecule has 176 valence electrons. The van der Waals surface area contributed by atoms with Crippen LogP contribution in [-0.4, -0.2) is 40.8 Å². The van der Waals surface area contributed by atoms with Gasteiger partial charge < -0.3 is 14.8 Å². The van der Waals surface area contributed by atoms with Gasteiger partial charge in [0.2, 0.25) is 15.9 Å². The summed E-state index contributed by atoms with van der Waals surface area (Å²) in [5.74, 6) is 0.297. The molecule has 32 heavy (non-hydrogen) atoms. The molecular weight excluding hydrogens is 449 g/mol. The smallest absolute Gasteiger partial charge is 0.416 e. The molecule has 2 atom stereocenters. The van der Waals surface area contributed by atoms with Crippen LogP contribution >= 0.6 is 0 Å². The van der Waals surface area contributed by atoms with Gasteiger partial charge in [-0.05, 0) is 50.2 Å². The largest absolute Gasteiger partial charge is 0.497 e. The molecule has 0 saturated heterocycles. The quantitative estimate of drug-likeness (QED) is 0.630. The molecule has 2 aromatic rings. The molecule has 0 radical (unpaired) electrons. The number of nitrogens with one attached hydrogen (secondary N) is 1. The van der Waals surface area contributed by atoms with Gasteiger partial charge in [-0.15, -0.1) is 0 Å². The van der Waals surface area contributed by atoms with E-state index in [9.17, 15) is 26.4 Å². The molecule has 7 nitrogen and oxygen atoms in total. The third kappa shape index (κ3) is 5.84. The van der Waals surface area contributed by atoms with Crippen molar-refractivity contribution >= 4 is 21.6 Å². The molecular formula is C21H25F3N2O5S. The van der Waals surface area contributed by atoms with Crippen LogP contribution in [0.2, 0.25) is 0 Å². The zero-order chi connectivity index (χ0) is 24.3. The van der Waals surface area contributed by atoms with Crippen LogP contribution in [0.4, 0.5) is 18.9 Å². The third-order valence-corrected chi connectivity index (χ3v) is 6.02. The number of benzene rings is 2. The van der Waals surface area contributed by atoms with Gasteiger partial charge in [-0.2, -0.15) is 13.2 Å². The minimum absolute atomic E-state index is 0.267. The van der Waals surface area contributed by atoms with Crippen LogP contribution in [-0.2, 0) is 21.0 Å². The van der Waals surface area contributed by atoms with Crippen LogP contribution in [0.3, 0.4) is 0 Å². The Labute approximate surface area is 185 Å². The molecule has 0 heterocycles. The molecule has 0 saturated carbocycles. The van der Waals surface area contributed by atoms with Crippen LogP contribution in [0.25, 0.3) is 0 Å². The monoisotopic (exact) mass is 474 g/mol. The van der Waals surface area contributed by atoms with Gasteiger partial charge in [0.05, 0.1) is 37.8 Å². The summed E-state index contributed by atoms with van der Waals surface area (Å²) >= 11 is 0. The van der Waals surface area contributed by atoms with Gasteiger partial charge in [0.25, 0.3) is 0 Å². The van der Waals surface area contributed by atoms with E-state index >= 15 is 0 Å². The van der Waals surface area contributed by atoms with E-state index in [0.29, 0.717) is 27.4 Å². The molecule has 0 aliphatic carbocycles. The second-order valence-electron chi connectivity index (χ2n) is 7.12. The molecule has 1 N–H and O–H groups in total. The Bertz CT molecular complexity index is 1070. The first-order valence-corrected chi connectivity index (χ1v) is 11.3. The van der Waals surface area contributed by atoms with Gasteiger partial charge in [-0.1, -0.05) is 6.07 Å². The van der Waals surface area contributed by atoms with E-state index < -0.39 is 39.8 Å². The van der Waals surface area contributed by atoms with Crippen molar-refractivity contribution in [2.24, 2.45) is 0 Å². The predicted molar refractivity (Wildman–Crippen MR) is 114 cm³/mol. The molecule has 0 unspecified atom stereocenters. The molecule has 2 aromatic carbocycles. The van der Waals surface area contributed by atoms with Gasteiger partial charge in [0.15, 0.2) is 0 Å². The number of rotatable bonds is 8. The Balaban J connectivity index is 2.36. The van der Waals surface area contributed by atoms with Gasteiger partial charge in [0.1, 0.15) is 17.5 Å². The van der Waals surface area contributed by atoms with E-state index in [1.165, 1.54) is 27.2 Å². The maximum absolute atomic E-state index is 13.1. The maximum Gasteiger partial charge on any atom is 0.416 e. The van der Waals surface area contributed by atoms with Crippen LogP contribution in [0.15, 0.2) is 42.5 Å². The molecule has 0 aromatic heterocycles. The van der Waals surface area contributed by atoms with E-state index in [4.69, 9.17) is 9.47 Å². The summed E-state index contributed by atoms with van der Waals surface area (Å²) in [4.78, 5) is 12.9. The Hall–Kier alpha value is -2.95. The standard InChI is InChI=1S/C21H25F3N2O5S/c1-13(18-12-17(30-3)9-10-19(18)31-4)25-20(27)14(2)26(32(5,28)29)16-8-6-7-15(11-16)21(22,23)24/h6-14H,1-5H3,(H,25,27)/t13-,14-/m1/s1. The normalized spacial score (nSPS) is 13.8. The van der Waals surface area contributed by atoms with Crippen molar-refractivity contribution in [2.75, 3.05) is 24.8 Å². The molecule has 0 fully saturated rings. The average molecular weight is 475 g/mol. The average Bonchev–Trinajstić information content (AvgIpc) is 2.71. The van der Waals surface area contributed by atoms with Crippen molar-refractivity contribution in [3.8, 4) is 11.5 Å². The van der Waals surface area contributed by atoms with Crippen molar-refractivity contribution < 1.29 is 35.9 Å². The number of carbonyl (C=O) groups excluding carboxylic acids is 1. The van der Waals surface area contributed by atoms with Gasteiger partial charge in [-0.3, -0.25) is 9.10 Å². The number of methoxy groups -OCH3 is 2. The van der Waals surface area contributed by atoms with Gasteiger partial charge in [-0.25, -0.2) is 8.42 Å². The lowest BCUT2D eigenvalue weighted by Crippen LogP contribution is -2.48. The Kier molecular flexibility index (Phi) is 7.66. The highest BCUT2D eigenvalue weighted by molar-refractivity contribution is 7.92. The second kappa shape index (κ2) is 9.68. The number of carbonyl (C=O) groups is 1. The number of amides is 1. The van der Waals surface area contributed by atoms with Gasteiger partial charge >= 0.3 is 6.18 Å². The van der Waals surface area contributed by atoms with Crippen molar-refractivity contribution in [3.63, 3.8) is 0 Å². The van der Waals surface area contributed by atoms with Crippen LogP contribution in [0, 0.1) is 0 Å². The number of anilines is 1. The van der Waals surface area contributed by atoms with E-state index in [-0.39, 0.29) is 5.69 Å². The van der Waals surface area contributed by atoms with E-state index in [1.54, 1.807) is 25.1 Å². The Morgan fingerprint density at radius 2 is 1.72 bits per heavy atom. The Morgan fingerprint density at radius 1 is 1.06 bits per heavy atom. The zero-order valence-corrected chi connectivity index (χ0v) is 19.0. The SMILES string of the molecule is COc1ccc(OC)c([C@@H](C)NC(=O)[C@@H](C)N(c2cccc(C(F)(F)F)c2)S(C)(=O)=O)c1. The lowest BCUT2D eigenvalue weighted by atomic mass is 10.1.